The molecule has 3 aromatic rings. The van der Waals surface area contributed by atoms with Gasteiger partial charge in [-0.3, -0.25) is 9.59 Å². The van der Waals surface area contributed by atoms with Gasteiger partial charge >= 0.3 is 0 Å². The molecular weight excluding hydrogens is 414 g/mol. The average Bonchev–Trinajstić information content (AvgIpc) is 3.03. The Kier molecular flexibility index (Phi) is 6.69. The number of nitrogens with zero attached hydrogens (tertiary/aromatic N) is 1. The van der Waals surface area contributed by atoms with Crippen molar-refractivity contribution in [2.75, 3.05) is 0 Å². The van der Waals surface area contributed by atoms with Crippen LogP contribution in [0.1, 0.15) is 66.0 Å². The third-order valence-electron chi connectivity index (χ3n) is 5.43. The van der Waals surface area contributed by atoms with E-state index in [0.717, 1.165) is 35.0 Å². The minimum Gasteiger partial charge on any atom is -0.348 e. The number of H-pyrrole nitrogens is 1. The van der Waals surface area contributed by atoms with Gasteiger partial charge in [0.25, 0.3) is 11.5 Å². The van der Waals surface area contributed by atoms with Crippen molar-refractivity contribution in [1.82, 2.24) is 14.9 Å². The van der Waals surface area contributed by atoms with Crippen LogP contribution < -0.4 is 10.9 Å². The lowest BCUT2D eigenvalue weighted by Gasteiger charge is -2.13. The van der Waals surface area contributed by atoms with Crippen LogP contribution in [0, 0.1) is 13.8 Å². The van der Waals surface area contributed by atoms with Crippen molar-refractivity contribution in [2.45, 2.75) is 64.9 Å². The molecule has 0 aliphatic rings. The van der Waals surface area contributed by atoms with E-state index >= 15 is 0 Å². The number of aryl methyl sites for hydroxylation is 3. The number of carbonyl (C=O) groups is 1. The highest BCUT2D eigenvalue weighted by molar-refractivity contribution is 7.72. The first-order valence-corrected chi connectivity index (χ1v) is 11.6. The first kappa shape index (κ1) is 22.8. The van der Waals surface area contributed by atoms with Crippen molar-refractivity contribution in [3.63, 3.8) is 0 Å². The Balaban J connectivity index is 2.05. The van der Waals surface area contributed by atoms with Crippen LogP contribution >= 0.6 is 0 Å². The average molecular weight is 444 g/mol. The molecule has 0 atom stereocenters. The normalized spacial score (nSPS) is 11.6. The molecule has 7 nitrogen and oxygen atoms in total. The van der Waals surface area contributed by atoms with Crippen molar-refractivity contribution in [2.24, 2.45) is 0 Å². The Morgan fingerprint density at radius 1 is 1.19 bits per heavy atom. The van der Waals surface area contributed by atoms with Crippen LogP contribution in [-0.4, -0.2) is 23.9 Å². The number of aromatic amines is 1. The second-order valence-electron chi connectivity index (χ2n) is 8.18. The monoisotopic (exact) mass is 443 g/mol. The van der Waals surface area contributed by atoms with E-state index in [1.165, 1.54) is 6.07 Å². The summed E-state index contributed by atoms with van der Waals surface area (Å²) >= 11 is 0. The fourth-order valence-corrected chi connectivity index (χ4v) is 4.48. The number of hydrogen-bond donors (Lipinski definition) is 3. The van der Waals surface area contributed by atoms with Crippen LogP contribution in [0.3, 0.4) is 0 Å². The van der Waals surface area contributed by atoms with Gasteiger partial charge in [0.2, 0.25) is 0 Å². The Morgan fingerprint density at radius 2 is 1.90 bits per heavy atom. The van der Waals surface area contributed by atoms with Crippen molar-refractivity contribution in [3.8, 4) is 0 Å². The third-order valence-corrected chi connectivity index (χ3v) is 6.11. The molecule has 0 bridgehead atoms. The lowest BCUT2D eigenvalue weighted by atomic mass is 10.0. The Bertz CT molecular complexity index is 1270. The number of pyridine rings is 1. The molecule has 2 heterocycles. The molecule has 0 radical (unpaired) electrons. The highest BCUT2D eigenvalue weighted by Gasteiger charge is 2.19. The van der Waals surface area contributed by atoms with Crippen LogP contribution in [0.5, 0.6) is 0 Å². The third kappa shape index (κ3) is 4.58. The van der Waals surface area contributed by atoms with E-state index in [4.69, 9.17) is 0 Å². The van der Waals surface area contributed by atoms with Crippen molar-refractivity contribution >= 4 is 27.5 Å². The predicted molar refractivity (Wildman–Crippen MR) is 123 cm³/mol. The molecule has 1 aromatic carbocycles. The van der Waals surface area contributed by atoms with Gasteiger partial charge in [-0.2, -0.15) is 0 Å². The summed E-state index contributed by atoms with van der Waals surface area (Å²) in [5.74, 6) is -0.407. The maximum Gasteiger partial charge on any atom is 0.253 e. The maximum absolute atomic E-state index is 13.2. The van der Waals surface area contributed by atoms with Crippen LogP contribution in [0.15, 0.2) is 34.1 Å². The van der Waals surface area contributed by atoms with Crippen molar-refractivity contribution < 1.29 is 13.2 Å². The summed E-state index contributed by atoms with van der Waals surface area (Å²) in [6, 6.07) is 5.05. The van der Waals surface area contributed by atoms with Gasteiger partial charge in [-0.15, -0.1) is 0 Å². The maximum atomic E-state index is 13.2. The van der Waals surface area contributed by atoms with E-state index in [-0.39, 0.29) is 23.0 Å². The molecule has 0 unspecified atom stereocenters. The number of rotatable bonds is 7. The fraction of sp³-hybridized carbons (Fsp3) is 0.391. The minimum absolute atomic E-state index is 0.0724. The molecule has 166 valence electrons. The number of benzene rings is 1. The Hall–Kier alpha value is -2.87. The Labute approximate surface area is 183 Å². The number of thiol groups is 1. The molecule has 0 saturated heterocycles. The van der Waals surface area contributed by atoms with E-state index in [9.17, 15) is 18.0 Å². The fourth-order valence-electron chi connectivity index (χ4n) is 4.02. The molecule has 0 aliphatic carbocycles. The lowest BCUT2D eigenvalue weighted by molar-refractivity contribution is 0.0952. The zero-order valence-electron chi connectivity index (χ0n) is 18.5. The molecule has 8 heteroatoms. The van der Waals surface area contributed by atoms with Crippen molar-refractivity contribution in [3.05, 3.63) is 62.7 Å². The molecule has 0 aliphatic heterocycles. The van der Waals surface area contributed by atoms with Gasteiger partial charge in [-0.1, -0.05) is 13.3 Å². The van der Waals surface area contributed by atoms with Crippen LogP contribution in [0.25, 0.3) is 10.9 Å². The van der Waals surface area contributed by atoms with Gasteiger partial charge in [-0.05, 0) is 63.4 Å². The van der Waals surface area contributed by atoms with Gasteiger partial charge in [0, 0.05) is 35.4 Å². The van der Waals surface area contributed by atoms with Gasteiger partial charge in [-0.25, -0.2) is 8.42 Å². The number of nitrogens with one attached hydrogen (secondary N) is 2. The second-order valence-corrected chi connectivity index (χ2v) is 9.21. The number of carbonyl (C=O) groups excluding carboxylic acids is 1. The summed E-state index contributed by atoms with van der Waals surface area (Å²) in [4.78, 5) is 28.5. The number of fused-ring (bicyclic) bond motifs is 1. The van der Waals surface area contributed by atoms with E-state index in [2.05, 4.69) is 10.3 Å². The first-order valence-electron chi connectivity index (χ1n) is 10.4. The van der Waals surface area contributed by atoms with E-state index in [0.29, 0.717) is 16.6 Å². The standard InChI is InChI=1S/C23H29N3O4S/c1-6-7-16-8-15(5)25-23(28)19(16)11-24-22(27)18-9-17(31(29)30)10-20-21(18)14(4)12-26(20)13(2)3/h8-10,12-13,31H,6-7,11H2,1-5H3,(H,24,27)(H,25,28). The Morgan fingerprint density at radius 3 is 2.52 bits per heavy atom. The van der Waals surface area contributed by atoms with Crippen LogP contribution in [0.4, 0.5) is 0 Å². The van der Waals surface area contributed by atoms with Gasteiger partial charge in [0.15, 0.2) is 10.7 Å². The molecule has 2 aromatic heterocycles. The molecule has 1 amide bonds. The summed E-state index contributed by atoms with van der Waals surface area (Å²) in [6.07, 6.45) is 3.55. The highest BCUT2D eigenvalue weighted by Crippen LogP contribution is 2.29. The summed E-state index contributed by atoms with van der Waals surface area (Å²) in [6.45, 7) is 9.84. The molecule has 31 heavy (non-hydrogen) atoms. The highest BCUT2D eigenvalue weighted by atomic mass is 32.2. The molecule has 0 saturated carbocycles. The molecule has 0 spiro atoms. The smallest absolute Gasteiger partial charge is 0.253 e. The molecule has 3 rings (SSSR count). The summed E-state index contributed by atoms with van der Waals surface area (Å²) in [5.41, 5.74) is 3.89. The molecular formula is C23H29N3O4S. The SMILES string of the molecule is CCCc1cc(C)[nH]c(=O)c1CNC(=O)c1cc([SH](=O)=O)cc2c1c(C)cn2C(C)C. The van der Waals surface area contributed by atoms with Crippen molar-refractivity contribution in [1.29, 1.82) is 0 Å². The zero-order valence-corrected chi connectivity index (χ0v) is 19.4. The zero-order chi connectivity index (χ0) is 22.9. The number of amides is 1. The summed E-state index contributed by atoms with van der Waals surface area (Å²) in [5, 5.41) is 3.55. The number of hydrogen-bond acceptors (Lipinski definition) is 4. The largest absolute Gasteiger partial charge is 0.348 e. The van der Waals surface area contributed by atoms with E-state index < -0.39 is 16.6 Å². The van der Waals surface area contributed by atoms with E-state index in [1.54, 1.807) is 6.07 Å². The van der Waals surface area contributed by atoms with Gasteiger partial charge in [0.05, 0.1) is 16.0 Å². The van der Waals surface area contributed by atoms with Gasteiger partial charge in [0.1, 0.15) is 0 Å². The quantitative estimate of drug-likeness (QED) is 0.487. The molecule has 2 N–H and O–H groups in total. The summed E-state index contributed by atoms with van der Waals surface area (Å²) < 4.78 is 25.4. The second kappa shape index (κ2) is 9.09. The van der Waals surface area contributed by atoms with Gasteiger partial charge < -0.3 is 14.9 Å². The predicted octanol–water partition coefficient (Wildman–Crippen LogP) is 3.38. The first-order chi connectivity index (χ1) is 14.6. The van der Waals surface area contributed by atoms with E-state index in [1.807, 2.05) is 51.4 Å². The molecule has 0 fully saturated rings. The lowest BCUT2D eigenvalue weighted by Crippen LogP contribution is -2.28. The van der Waals surface area contributed by atoms with Crippen LogP contribution in [-0.2, 0) is 23.7 Å². The minimum atomic E-state index is -2.85. The van der Waals surface area contributed by atoms with Crippen LogP contribution in [0.2, 0.25) is 0 Å². The number of aromatic nitrogens is 2. The topological polar surface area (TPSA) is 101 Å². The summed E-state index contributed by atoms with van der Waals surface area (Å²) in [7, 11) is -2.85.